The number of benzene rings is 3. The Morgan fingerprint density at radius 3 is 1.76 bits per heavy atom. The van der Waals surface area contributed by atoms with Crippen molar-refractivity contribution in [3.05, 3.63) is 95.6 Å². The molecule has 2 atom stereocenters. The van der Waals surface area contributed by atoms with Gasteiger partial charge in [0, 0.05) is 0 Å². The monoisotopic (exact) mass is 502 g/mol. The van der Waals surface area contributed by atoms with Crippen molar-refractivity contribution in [2.75, 3.05) is 0 Å². The molecule has 0 radical (unpaired) electrons. The standard InChI is InChI=1S/C25H26P.F6P/c1-19-12-15-25-20-13-14-24(17-20)26(18-21(25)16-19,22-8-4-2-5-9-22)23-10-6-3-7-11-23;1-7(2,3,4,5)6/h2-12,15-16,20,24H,13-14,17-18H2,1H3;/q+1;-1/t20-,24+;/m0./s1. The molecule has 0 nitrogen and oxygen atoms in total. The fourth-order valence-corrected chi connectivity index (χ4v) is 10.6. The van der Waals surface area contributed by atoms with Crippen LogP contribution in [0, 0.1) is 6.92 Å². The second kappa shape index (κ2) is 7.82. The Morgan fingerprint density at radius 2 is 1.24 bits per heavy atom. The number of rotatable bonds is 2. The molecule has 8 heteroatoms. The van der Waals surface area contributed by atoms with Gasteiger partial charge in [-0.3, -0.25) is 0 Å². The second-order valence-electron chi connectivity index (χ2n) is 9.02. The quantitative estimate of drug-likeness (QED) is 0.242. The van der Waals surface area contributed by atoms with Gasteiger partial charge < -0.3 is 0 Å². The first-order chi connectivity index (χ1) is 15.2. The summed E-state index contributed by atoms with van der Waals surface area (Å²) in [5.41, 5.74) is 5.50. The van der Waals surface area contributed by atoms with Gasteiger partial charge in [-0.15, -0.1) is 0 Å². The second-order valence-corrected chi connectivity index (χ2v) is 14.8. The molecule has 0 amide bonds. The van der Waals surface area contributed by atoms with Crippen LogP contribution in [0.25, 0.3) is 0 Å². The van der Waals surface area contributed by atoms with Crippen LogP contribution in [0.1, 0.15) is 41.9 Å². The van der Waals surface area contributed by atoms with E-state index in [1.54, 1.807) is 21.7 Å². The first-order valence-electron chi connectivity index (χ1n) is 10.9. The summed E-state index contributed by atoms with van der Waals surface area (Å²) >= 11 is 0. The molecule has 178 valence electrons. The van der Waals surface area contributed by atoms with Crippen LogP contribution in [0.15, 0.2) is 78.9 Å². The van der Waals surface area contributed by atoms with E-state index in [4.69, 9.17) is 0 Å². The predicted octanol–water partition coefficient (Wildman–Crippen LogP) is 9.20. The Morgan fingerprint density at radius 1 is 0.727 bits per heavy atom. The summed E-state index contributed by atoms with van der Waals surface area (Å²) < 4.78 is 59.2. The van der Waals surface area contributed by atoms with Crippen LogP contribution < -0.4 is 10.6 Å². The van der Waals surface area contributed by atoms with E-state index in [0.717, 1.165) is 11.6 Å². The molecule has 2 aliphatic rings. The van der Waals surface area contributed by atoms with E-state index in [-0.39, 0.29) is 0 Å². The summed E-state index contributed by atoms with van der Waals surface area (Å²) in [7, 11) is -12.1. The predicted molar refractivity (Wildman–Crippen MR) is 128 cm³/mol. The van der Waals surface area contributed by atoms with Crippen LogP contribution in [0.3, 0.4) is 0 Å². The summed E-state index contributed by atoms with van der Waals surface area (Å²) in [4.78, 5) is 0. The zero-order chi connectivity index (χ0) is 24.0. The van der Waals surface area contributed by atoms with E-state index >= 15 is 0 Å². The summed E-state index contributed by atoms with van der Waals surface area (Å²) in [5, 5.41) is 3.21. The number of aryl methyl sites for hydroxylation is 1. The number of hydrogen-bond acceptors (Lipinski definition) is 0. The SMILES string of the molecule is Cc1ccc2c(c1)C[P+](c1ccccc1)(c1ccccc1)[C@@H]1CC[C@H]2C1.F[P-](F)(F)(F)(F)F. The summed E-state index contributed by atoms with van der Waals surface area (Å²) in [5.74, 6) is 0.768. The zero-order valence-electron chi connectivity index (χ0n) is 18.2. The van der Waals surface area contributed by atoms with Gasteiger partial charge in [0.05, 0.1) is 29.7 Å². The fraction of sp³-hybridized carbons (Fsp3) is 0.280. The molecule has 1 heterocycles. The molecule has 0 N–H and O–H groups in total. The van der Waals surface area contributed by atoms with Crippen LogP contribution >= 0.6 is 15.1 Å². The summed E-state index contributed by atoms with van der Waals surface area (Å²) in [6.45, 7) is 2.24. The summed E-state index contributed by atoms with van der Waals surface area (Å²) in [6.07, 6.45) is 5.35. The maximum absolute atomic E-state index is 10.7. The minimum absolute atomic E-state index is 0.768. The third-order valence-corrected chi connectivity index (χ3v) is 11.6. The van der Waals surface area contributed by atoms with Crippen LogP contribution in [-0.2, 0) is 6.16 Å². The topological polar surface area (TPSA) is 0 Å². The van der Waals surface area contributed by atoms with Crippen LogP contribution in [0.5, 0.6) is 0 Å². The van der Waals surface area contributed by atoms with Gasteiger partial charge in [-0.05, 0) is 67.5 Å². The van der Waals surface area contributed by atoms with Gasteiger partial charge in [-0.2, -0.15) is 0 Å². The molecule has 3 aromatic rings. The molecule has 0 saturated heterocycles. The molecule has 0 unspecified atom stereocenters. The Balaban J connectivity index is 0.000000325. The molecule has 3 aromatic carbocycles. The van der Waals surface area contributed by atoms with Crippen molar-refractivity contribution < 1.29 is 25.2 Å². The van der Waals surface area contributed by atoms with Gasteiger partial charge in [0.15, 0.2) is 0 Å². The van der Waals surface area contributed by atoms with Crippen molar-refractivity contribution in [2.24, 2.45) is 0 Å². The zero-order valence-corrected chi connectivity index (χ0v) is 19.9. The molecule has 1 aliphatic carbocycles. The Kier molecular flexibility index (Phi) is 5.74. The van der Waals surface area contributed by atoms with E-state index < -0.39 is 15.1 Å². The Hall–Kier alpha value is -1.90. The molecule has 33 heavy (non-hydrogen) atoms. The van der Waals surface area contributed by atoms with E-state index in [2.05, 4.69) is 85.8 Å². The van der Waals surface area contributed by atoms with E-state index in [0.29, 0.717) is 0 Å². The molecule has 0 spiro atoms. The minimum atomic E-state index is -10.7. The van der Waals surface area contributed by atoms with Crippen molar-refractivity contribution in [1.82, 2.24) is 0 Å². The average Bonchev–Trinajstić information content (AvgIpc) is 3.16. The average molecular weight is 502 g/mol. The fourth-order valence-electron chi connectivity index (χ4n) is 5.45. The Labute approximate surface area is 190 Å². The van der Waals surface area contributed by atoms with Gasteiger partial charge >= 0.3 is 33.0 Å². The van der Waals surface area contributed by atoms with Gasteiger partial charge in [0.1, 0.15) is 0 Å². The number of halogens is 6. The van der Waals surface area contributed by atoms with Crippen LogP contribution in [-0.4, -0.2) is 5.66 Å². The summed E-state index contributed by atoms with van der Waals surface area (Å²) in [6, 6.07) is 30.2. The molecule has 2 bridgehead atoms. The van der Waals surface area contributed by atoms with Crippen LogP contribution in [0.2, 0.25) is 0 Å². The van der Waals surface area contributed by atoms with Gasteiger partial charge in [0.25, 0.3) is 0 Å². The van der Waals surface area contributed by atoms with Crippen LogP contribution in [0.4, 0.5) is 25.2 Å². The molecule has 1 fully saturated rings. The van der Waals surface area contributed by atoms with Gasteiger partial charge in [-0.1, -0.05) is 60.2 Å². The molecular weight excluding hydrogens is 476 g/mol. The molecule has 1 saturated carbocycles. The molecule has 1 aliphatic heterocycles. The first-order valence-corrected chi connectivity index (χ1v) is 14.9. The van der Waals surface area contributed by atoms with Crippen molar-refractivity contribution in [3.8, 4) is 0 Å². The normalized spacial score (nSPS) is 23.2. The van der Waals surface area contributed by atoms with Gasteiger partial charge in [0.2, 0.25) is 0 Å². The van der Waals surface area contributed by atoms with E-state index in [1.165, 1.54) is 31.0 Å². The van der Waals surface area contributed by atoms with E-state index in [1.807, 2.05) is 0 Å². The number of hydrogen-bond donors (Lipinski definition) is 0. The molecule has 5 rings (SSSR count). The van der Waals surface area contributed by atoms with Crippen molar-refractivity contribution in [1.29, 1.82) is 0 Å². The first kappa shape index (κ1) is 24.2. The maximum atomic E-state index is 9.87. The van der Waals surface area contributed by atoms with Crippen molar-refractivity contribution in [2.45, 2.75) is 43.9 Å². The van der Waals surface area contributed by atoms with Gasteiger partial charge in [-0.25, -0.2) is 0 Å². The van der Waals surface area contributed by atoms with Crippen molar-refractivity contribution >= 4 is 25.7 Å². The van der Waals surface area contributed by atoms with E-state index in [9.17, 15) is 25.2 Å². The molecule has 0 aromatic heterocycles. The third-order valence-electron chi connectivity index (χ3n) is 6.62. The number of fused-ring (bicyclic) bond motifs is 4. The Bertz CT molecular complexity index is 1080. The van der Waals surface area contributed by atoms with Crippen molar-refractivity contribution in [3.63, 3.8) is 0 Å². The third kappa shape index (κ3) is 5.97. The molecular formula is C25H26F6P2.